The van der Waals surface area contributed by atoms with Gasteiger partial charge in [-0.3, -0.25) is 4.79 Å². The van der Waals surface area contributed by atoms with Crippen LogP contribution in [0.15, 0.2) is 18.2 Å². The van der Waals surface area contributed by atoms with Crippen molar-refractivity contribution < 1.29 is 19.4 Å². The van der Waals surface area contributed by atoms with Crippen LogP contribution in [0.2, 0.25) is 0 Å². The summed E-state index contributed by atoms with van der Waals surface area (Å²) in [6, 6.07) is 5.64. The molecule has 0 aliphatic rings. The molecule has 5 nitrogen and oxygen atoms in total. The fraction of sp³-hybridized carbons (Fsp3) is 0.533. The molecule has 0 saturated heterocycles. The second kappa shape index (κ2) is 7.62. The minimum Gasteiger partial charge on any atom is -0.493 e. The van der Waals surface area contributed by atoms with Gasteiger partial charge in [-0.1, -0.05) is 13.8 Å². The van der Waals surface area contributed by atoms with Crippen molar-refractivity contribution in [3.63, 3.8) is 0 Å². The van der Waals surface area contributed by atoms with Crippen LogP contribution in [0.5, 0.6) is 11.5 Å². The van der Waals surface area contributed by atoms with E-state index >= 15 is 0 Å². The van der Waals surface area contributed by atoms with Crippen LogP contribution in [0.1, 0.15) is 20.3 Å². The van der Waals surface area contributed by atoms with Crippen molar-refractivity contribution in [1.29, 1.82) is 0 Å². The summed E-state index contributed by atoms with van der Waals surface area (Å²) < 4.78 is 10.5. The maximum Gasteiger partial charge on any atom is 0.305 e. The third kappa shape index (κ3) is 4.64. The predicted octanol–water partition coefficient (Wildman–Crippen LogP) is 2.64. The van der Waals surface area contributed by atoms with E-state index < -0.39 is 5.97 Å². The fourth-order valence-corrected chi connectivity index (χ4v) is 2.02. The molecule has 1 rings (SSSR count). The van der Waals surface area contributed by atoms with Gasteiger partial charge in [0.25, 0.3) is 0 Å². The molecule has 0 unspecified atom stereocenters. The zero-order valence-corrected chi connectivity index (χ0v) is 12.5. The van der Waals surface area contributed by atoms with Gasteiger partial charge in [-0.05, 0) is 18.1 Å². The van der Waals surface area contributed by atoms with E-state index in [0.29, 0.717) is 24.0 Å². The van der Waals surface area contributed by atoms with Gasteiger partial charge in [0.2, 0.25) is 0 Å². The average Bonchev–Trinajstić information content (AvgIpc) is 2.42. The van der Waals surface area contributed by atoms with Gasteiger partial charge in [0, 0.05) is 24.8 Å². The molecule has 0 aromatic heterocycles. The molecule has 112 valence electrons. The lowest BCUT2D eigenvalue weighted by Crippen LogP contribution is -2.30. The van der Waals surface area contributed by atoms with Gasteiger partial charge in [-0.15, -0.1) is 0 Å². The lowest BCUT2D eigenvalue weighted by molar-refractivity contribution is -0.136. The Morgan fingerprint density at radius 3 is 2.40 bits per heavy atom. The first-order valence-corrected chi connectivity index (χ1v) is 6.66. The van der Waals surface area contributed by atoms with Gasteiger partial charge in [-0.2, -0.15) is 0 Å². The summed E-state index contributed by atoms with van der Waals surface area (Å²) in [6.07, 6.45) is 0.112. The van der Waals surface area contributed by atoms with Crippen LogP contribution in [0, 0.1) is 5.92 Å². The largest absolute Gasteiger partial charge is 0.493 e. The highest BCUT2D eigenvalue weighted by Crippen LogP contribution is 2.31. The van der Waals surface area contributed by atoms with E-state index in [0.717, 1.165) is 12.2 Å². The third-order valence-corrected chi connectivity index (χ3v) is 2.91. The Bertz CT molecular complexity index is 445. The zero-order chi connectivity index (χ0) is 15.1. The number of rotatable bonds is 8. The number of carboxylic acids is 1. The maximum absolute atomic E-state index is 10.8. The number of aliphatic carboxylic acids is 1. The summed E-state index contributed by atoms with van der Waals surface area (Å²) in [5, 5.41) is 8.85. The minimum atomic E-state index is -0.792. The van der Waals surface area contributed by atoms with Crippen LogP contribution in [-0.2, 0) is 4.79 Å². The molecule has 0 amide bonds. The number of methoxy groups -OCH3 is 2. The molecular weight excluding hydrogens is 258 g/mol. The van der Waals surface area contributed by atoms with E-state index in [1.807, 2.05) is 18.2 Å². The molecule has 0 heterocycles. The highest BCUT2D eigenvalue weighted by Gasteiger charge is 2.13. The number of carbonyl (C=O) groups is 1. The lowest BCUT2D eigenvalue weighted by atomic mass is 10.1. The molecular formula is C15H23NO4. The van der Waals surface area contributed by atoms with Crippen molar-refractivity contribution in [1.82, 2.24) is 0 Å². The van der Waals surface area contributed by atoms with Gasteiger partial charge in [0.05, 0.1) is 20.6 Å². The Kier molecular flexibility index (Phi) is 6.15. The van der Waals surface area contributed by atoms with E-state index in [1.165, 1.54) is 0 Å². The third-order valence-electron chi connectivity index (χ3n) is 2.91. The van der Waals surface area contributed by atoms with Crippen molar-refractivity contribution in [2.45, 2.75) is 20.3 Å². The maximum atomic E-state index is 10.8. The number of benzene rings is 1. The Morgan fingerprint density at radius 2 is 1.90 bits per heavy atom. The lowest BCUT2D eigenvalue weighted by Gasteiger charge is -2.26. The van der Waals surface area contributed by atoms with Gasteiger partial charge in [0.15, 0.2) is 11.5 Å². The monoisotopic (exact) mass is 281 g/mol. The second-order valence-corrected chi connectivity index (χ2v) is 5.02. The SMILES string of the molecule is COc1ccc(N(CCC(=O)O)CC(C)C)cc1OC. The molecule has 0 fully saturated rings. The van der Waals surface area contributed by atoms with E-state index in [9.17, 15) is 4.79 Å². The first-order valence-electron chi connectivity index (χ1n) is 6.66. The van der Waals surface area contributed by atoms with E-state index in [1.54, 1.807) is 14.2 Å². The quantitative estimate of drug-likeness (QED) is 0.793. The number of ether oxygens (including phenoxy) is 2. The standard InChI is InChI=1S/C15H23NO4/c1-11(2)10-16(8-7-15(17)18)12-5-6-13(19-3)14(9-12)20-4/h5-6,9,11H,7-8,10H2,1-4H3,(H,17,18). The Morgan fingerprint density at radius 1 is 1.25 bits per heavy atom. The molecule has 0 atom stereocenters. The number of hydrogen-bond acceptors (Lipinski definition) is 4. The fourth-order valence-electron chi connectivity index (χ4n) is 2.02. The van der Waals surface area contributed by atoms with Crippen LogP contribution in [0.3, 0.4) is 0 Å². The van der Waals surface area contributed by atoms with Crippen LogP contribution in [-0.4, -0.2) is 38.4 Å². The highest BCUT2D eigenvalue weighted by atomic mass is 16.5. The molecule has 20 heavy (non-hydrogen) atoms. The number of hydrogen-bond donors (Lipinski definition) is 1. The van der Waals surface area contributed by atoms with Gasteiger partial charge in [0.1, 0.15) is 0 Å². The summed E-state index contributed by atoms with van der Waals surface area (Å²) in [4.78, 5) is 12.8. The normalized spacial score (nSPS) is 10.4. The smallest absolute Gasteiger partial charge is 0.305 e. The zero-order valence-electron chi connectivity index (χ0n) is 12.5. The molecule has 1 aromatic carbocycles. The summed E-state index contributed by atoms with van der Waals surface area (Å²) in [5.74, 6) is 0.962. The summed E-state index contributed by atoms with van der Waals surface area (Å²) in [7, 11) is 3.18. The van der Waals surface area contributed by atoms with Crippen LogP contribution < -0.4 is 14.4 Å². The molecule has 1 aromatic rings. The van der Waals surface area contributed by atoms with Crippen LogP contribution >= 0.6 is 0 Å². The molecule has 0 bridgehead atoms. The molecule has 5 heteroatoms. The number of nitrogens with zero attached hydrogens (tertiary/aromatic N) is 1. The van der Waals surface area contributed by atoms with Crippen molar-refractivity contribution in [2.24, 2.45) is 5.92 Å². The molecule has 1 N–H and O–H groups in total. The first-order chi connectivity index (χ1) is 9.47. The Balaban J connectivity index is 2.96. The van der Waals surface area contributed by atoms with Crippen molar-refractivity contribution in [2.75, 3.05) is 32.2 Å². The molecule has 0 saturated carbocycles. The second-order valence-electron chi connectivity index (χ2n) is 5.02. The van der Waals surface area contributed by atoms with E-state index in [-0.39, 0.29) is 6.42 Å². The molecule has 0 aliphatic carbocycles. The van der Waals surface area contributed by atoms with E-state index in [4.69, 9.17) is 14.6 Å². The Labute approximate surface area is 120 Å². The first kappa shape index (κ1) is 16.1. The molecule has 0 spiro atoms. The summed E-state index contributed by atoms with van der Waals surface area (Å²) in [5.41, 5.74) is 0.942. The highest BCUT2D eigenvalue weighted by molar-refractivity contribution is 5.68. The predicted molar refractivity (Wildman–Crippen MR) is 78.8 cm³/mol. The topological polar surface area (TPSA) is 59.0 Å². The molecule has 0 aliphatic heterocycles. The van der Waals surface area contributed by atoms with Crippen LogP contribution in [0.25, 0.3) is 0 Å². The summed E-state index contributed by atoms with van der Waals surface area (Å²) in [6.45, 7) is 5.48. The van der Waals surface area contributed by atoms with Crippen molar-refractivity contribution >= 4 is 11.7 Å². The van der Waals surface area contributed by atoms with E-state index in [2.05, 4.69) is 18.7 Å². The number of carboxylic acid groups (broad SMARTS) is 1. The van der Waals surface area contributed by atoms with Gasteiger partial charge >= 0.3 is 5.97 Å². The van der Waals surface area contributed by atoms with Crippen molar-refractivity contribution in [3.05, 3.63) is 18.2 Å². The number of anilines is 1. The van der Waals surface area contributed by atoms with Crippen molar-refractivity contribution in [3.8, 4) is 11.5 Å². The minimum absolute atomic E-state index is 0.112. The summed E-state index contributed by atoms with van der Waals surface area (Å²) >= 11 is 0. The van der Waals surface area contributed by atoms with Gasteiger partial charge < -0.3 is 19.5 Å². The Hall–Kier alpha value is -1.91. The van der Waals surface area contributed by atoms with Gasteiger partial charge in [-0.25, -0.2) is 0 Å². The van der Waals surface area contributed by atoms with Crippen LogP contribution in [0.4, 0.5) is 5.69 Å². The molecule has 0 radical (unpaired) electrons. The average molecular weight is 281 g/mol.